The molecule has 1 unspecified atom stereocenters. The molecule has 1 saturated carbocycles. The topological polar surface area (TPSA) is 92.8 Å². The van der Waals surface area contributed by atoms with Crippen LogP contribution in [0.3, 0.4) is 0 Å². The van der Waals surface area contributed by atoms with Crippen LogP contribution in [-0.4, -0.2) is 57.1 Å². The predicted molar refractivity (Wildman–Crippen MR) is 154 cm³/mol. The summed E-state index contributed by atoms with van der Waals surface area (Å²) >= 11 is 0. The number of halogens is 9. The Balaban J connectivity index is 1.53. The Kier molecular flexibility index (Phi) is 9.33. The molecule has 1 saturated heterocycles. The van der Waals surface area contributed by atoms with Gasteiger partial charge < -0.3 is 15.0 Å². The lowest BCUT2D eigenvalue weighted by Gasteiger charge is -2.47. The molecular formula is C32H27F9N2O5S. The predicted octanol–water partition coefficient (Wildman–Crippen LogP) is 6.07. The summed E-state index contributed by atoms with van der Waals surface area (Å²) in [5.41, 5.74) is -8.09. The first-order valence-electron chi connectivity index (χ1n) is 14.6. The Labute approximate surface area is 274 Å². The third kappa shape index (κ3) is 6.26. The van der Waals surface area contributed by atoms with Crippen molar-refractivity contribution in [3.05, 3.63) is 101 Å². The van der Waals surface area contributed by atoms with E-state index in [9.17, 15) is 57.5 Å². The van der Waals surface area contributed by atoms with Crippen molar-refractivity contribution in [1.82, 2.24) is 10.2 Å². The van der Waals surface area contributed by atoms with Crippen LogP contribution in [0.25, 0.3) is 0 Å². The summed E-state index contributed by atoms with van der Waals surface area (Å²) in [6.45, 7) is -1.66. The SMILES string of the molecule is CN1CC(C(=O)NC2CC(c3ccc(C(OCc4c(F)cccc4F)(C(F)(F)F)C(F)(F)F)cc3)(S(=O)(=O)c3ccc(F)cc3)C2)CC1=O. The van der Waals surface area contributed by atoms with Gasteiger partial charge in [-0.25, -0.2) is 21.6 Å². The van der Waals surface area contributed by atoms with Gasteiger partial charge in [-0.15, -0.1) is 0 Å². The fourth-order valence-electron chi connectivity index (χ4n) is 6.24. The fraction of sp³-hybridized carbons (Fsp3) is 0.375. The molecule has 2 amide bonds. The number of likely N-dealkylation sites (tertiary alicyclic amines) is 1. The van der Waals surface area contributed by atoms with Crippen molar-refractivity contribution < 1.29 is 62.3 Å². The normalized spacial score (nSPS) is 21.8. The maximum absolute atomic E-state index is 14.4. The van der Waals surface area contributed by atoms with E-state index in [0.29, 0.717) is 24.3 Å². The first-order valence-corrected chi connectivity index (χ1v) is 16.1. The molecule has 2 aliphatic rings. The summed E-state index contributed by atoms with van der Waals surface area (Å²) < 4.78 is 159. The van der Waals surface area contributed by atoms with E-state index in [0.717, 1.165) is 42.5 Å². The molecule has 0 spiro atoms. The monoisotopic (exact) mass is 722 g/mol. The Morgan fingerprint density at radius 1 is 0.898 bits per heavy atom. The minimum atomic E-state index is -6.23. The van der Waals surface area contributed by atoms with Gasteiger partial charge in [0.1, 0.15) is 22.2 Å². The number of hydrogen-bond acceptors (Lipinski definition) is 5. The molecule has 1 aliphatic heterocycles. The van der Waals surface area contributed by atoms with Crippen LogP contribution in [0.1, 0.15) is 36.0 Å². The molecule has 1 atom stereocenters. The highest BCUT2D eigenvalue weighted by Crippen LogP contribution is 2.55. The first-order chi connectivity index (χ1) is 22.7. The molecule has 0 radical (unpaired) electrons. The molecule has 7 nitrogen and oxygen atoms in total. The third-order valence-corrected chi connectivity index (χ3v) is 11.5. The van der Waals surface area contributed by atoms with Crippen molar-refractivity contribution in [3.8, 4) is 0 Å². The summed E-state index contributed by atoms with van der Waals surface area (Å²) in [5.74, 6) is -5.22. The second-order valence-electron chi connectivity index (χ2n) is 12.0. The molecule has 3 aromatic carbocycles. The second-order valence-corrected chi connectivity index (χ2v) is 14.2. The molecular weight excluding hydrogens is 695 g/mol. The van der Waals surface area contributed by atoms with Crippen LogP contribution in [0.15, 0.2) is 71.6 Å². The van der Waals surface area contributed by atoms with Gasteiger partial charge in [-0.1, -0.05) is 30.3 Å². The van der Waals surface area contributed by atoms with Crippen LogP contribution in [0.4, 0.5) is 39.5 Å². The number of carbonyl (C=O) groups is 2. The highest BCUT2D eigenvalue weighted by atomic mass is 32.2. The maximum atomic E-state index is 14.4. The van der Waals surface area contributed by atoms with E-state index < -0.39 is 90.5 Å². The molecule has 3 aromatic rings. The van der Waals surface area contributed by atoms with Crippen LogP contribution in [-0.2, 0) is 41.1 Å². The van der Waals surface area contributed by atoms with Gasteiger partial charge >= 0.3 is 12.4 Å². The van der Waals surface area contributed by atoms with E-state index in [1.807, 2.05) is 0 Å². The largest absolute Gasteiger partial charge is 0.430 e. The molecule has 1 N–H and O–H groups in total. The van der Waals surface area contributed by atoms with Gasteiger partial charge in [-0.2, -0.15) is 26.3 Å². The summed E-state index contributed by atoms with van der Waals surface area (Å²) in [6, 6.07) is 7.07. The standard InChI is InChI=1S/C32H27F9N2O5S/c1-43-16-18(13-27(43)44)28(45)42-22-14-29(15-22,49(46,47)23-11-9-21(33)10-12-23)19-5-7-20(8-6-19)30(31(36,37)38,32(39,40)41)48-17-24-25(34)3-2-4-26(24)35/h2-12,18,22H,13-17H2,1H3,(H,42,45). The zero-order chi connectivity index (χ0) is 36.2. The number of nitrogens with one attached hydrogen (secondary N) is 1. The highest BCUT2D eigenvalue weighted by Gasteiger charge is 2.73. The molecule has 0 bridgehead atoms. The number of carbonyl (C=O) groups excluding carboxylic acids is 2. The number of ether oxygens (including phenoxy) is 1. The van der Waals surface area contributed by atoms with Crippen molar-refractivity contribution in [1.29, 1.82) is 0 Å². The zero-order valence-corrected chi connectivity index (χ0v) is 26.2. The number of benzene rings is 3. The van der Waals surface area contributed by atoms with Crippen molar-refractivity contribution >= 4 is 21.7 Å². The molecule has 2 fully saturated rings. The van der Waals surface area contributed by atoms with Gasteiger partial charge in [0.25, 0.3) is 5.60 Å². The van der Waals surface area contributed by atoms with Crippen molar-refractivity contribution in [2.75, 3.05) is 13.6 Å². The molecule has 5 rings (SSSR count). The molecule has 1 heterocycles. The van der Waals surface area contributed by atoms with Crippen molar-refractivity contribution in [3.63, 3.8) is 0 Å². The Bertz CT molecular complexity index is 1810. The lowest BCUT2D eigenvalue weighted by molar-refractivity contribution is -0.392. The Hall–Kier alpha value is -4.12. The summed E-state index contributed by atoms with van der Waals surface area (Å²) in [4.78, 5) is 25.7. The molecule has 1 aliphatic carbocycles. The molecule has 49 heavy (non-hydrogen) atoms. The van der Waals surface area contributed by atoms with E-state index >= 15 is 0 Å². The number of hydrogen-bond donors (Lipinski definition) is 1. The lowest BCUT2D eigenvalue weighted by Crippen LogP contribution is -2.58. The van der Waals surface area contributed by atoms with Crippen molar-refractivity contribution in [2.24, 2.45) is 5.92 Å². The van der Waals surface area contributed by atoms with Gasteiger partial charge in [-0.3, -0.25) is 9.59 Å². The summed E-state index contributed by atoms with van der Waals surface area (Å²) in [5, 5.41) is 2.65. The van der Waals surface area contributed by atoms with Gasteiger partial charge in [0.2, 0.25) is 11.8 Å². The van der Waals surface area contributed by atoms with Crippen LogP contribution in [0.5, 0.6) is 0 Å². The van der Waals surface area contributed by atoms with Crippen LogP contribution in [0, 0.1) is 23.4 Å². The van der Waals surface area contributed by atoms with E-state index in [-0.39, 0.29) is 37.3 Å². The number of rotatable bonds is 9. The maximum Gasteiger partial charge on any atom is 0.430 e. The zero-order valence-electron chi connectivity index (χ0n) is 25.3. The van der Waals surface area contributed by atoms with E-state index in [1.165, 1.54) is 11.9 Å². The number of nitrogens with zero attached hydrogens (tertiary/aromatic N) is 1. The van der Waals surface area contributed by atoms with E-state index in [4.69, 9.17) is 0 Å². The molecule has 17 heteroatoms. The first kappa shape index (κ1) is 36.2. The Morgan fingerprint density at radius 3 is 1.94 bits per heavy atom. The molecule has 264 valence electrons. The van der Waals surface area contributed by atoms with Crippen LogP contribution < -0.4 is 5.32 Å². The quantitative estimate of drug-likeness (QED) is 0.214. The number of alkyl halides is 6. The van der Waals surface area contributed by atoms with Gasteiger partial charge in [0.15, 0.2) is 9.84 Å². The fourth-order valence-corrected chi connectivity index (χ4v) is 8.47. The lowest BCUT2D eigenvalue weighted by atomic mass is 9.74. The minimum Gasteiger partial charge on any atom is -0.353 e. The van der Waals surface area contributed by atoms with Crippen LogP contribution >= 0.6 is 0 Å². The van der Waals surface area contributed by atoms with Gasteiger partial charge in [-0.05, 0) is 54.8 Å². The van der Waals surface area contributed by atoms with Gasteiger partial charge in [0.05, 0.1) is 17.4 Å². The van der Waals surface area contributed by atoms with E-state index in [1.54, 1.807) is 0 Å². The number of amides is 2. The van der Waals surface area contributed by atoms with Crippen molar-refractivity contribution in [2.45, 2.75) is 59.5 Å². The van der Waals surface area contributed by atoms with Crippen LogP contribution in [0.2, 0.25) is 0 Å². The number of sulfone groups is 1. The Morgan fingerprint density at radius 2 is 1.45 bits per heavy atom. The third-order valence-electron chi connectivity index (χ3n) is 8.96. The average molecular weight is 723 g/mol. The highest BCUT2D eigenvalue weighted by molar-refractivity contribution is 7.92. The summed E-state index contributed by atoms with van der Waals surface area (Å²) in [6.07, 6.45) is -13.3. The molecule has 0 aromatic heterocycles. The summed E-state index contributed by atoms with van der Waals surface area (Å²) in [7, 11) is -3.04. The van der Waals surface area contributed by atoms with Gasteiger partial charge in [0, 0.05) is 37.2 Å². The average Bonchev–Trinajstić information content (AvgIpc) is 3.33. The second kappa shape index (κ2) is 12.6. The van der Waals surface area contributed by atoms with E-state index in [2.05, 4.69) is 10.1 Å². The minimum absolute atomic E-state index is 0.0820. The smallest absolute Gasteiger partial charge is 0.353 e.